The lowest BCUT2D eigenvalue weighted by molar-refractivity contribution is -0.159. The molecule has 1 aliphatic rings. The molecule has 1 fully saturated rings. The molecule has 2 aromatic rings. The molecule has 2 aromatic carbocycles. The van der Waals surface area contributed by atoms with Gasteiger partial charge in [-0.1, -0.05) is 59.7 Å². The van der Waals surface area contributed by atoms with E-state index in [1.54, 1.807) is 41.5 Å². The van der Waals surface area contributed by atoms with Gasteiger partial charge in [0, 0.05) is 18.2 Å². The van der Waals surface area contributed by atoms with Crippen molar-refractivity contribution in [2.24, 2.45) is 0 Å². The van der Waals surface area contributed by atoms with Crippen LogP contribution in [0.5, 0.6) is 0 Å². The molecule has 0 heterocycles. The number of amides is 3. The molecule has 10 heteroatoms. The van der Waals surface area contributed by atoms with Crippen LogP contribution in [0.1, 0.15) is 82.7 Å². The number of ether oxygens (including phenoxy) is 2. The first kappa shape index (κ1) is 35.0. The van der Waals surface area contributed by atoms with Crippen molar-refractivity contribution >= 4 is 36.5 Å². The van der Waals surface area contributed by atoms with Gasteiger partial charge in [0.15, 0.2) is 0 Å². The summed E-state index contributed by atoms with van der Waals surface area (Å²) in [6.07, 6.45) is 0.857. The Morgan fingerprint density at radius 3 is 1.93 bits per heavy atom. The smallest absolute Gasteiger partial charge is 0.408 e. The Balaban J connectivity index is 2.02. The van der Waals surface area contributed by atoms with Crippen LogP contribution in [0.15, 0.2) is 48.5 Å². The van der Waals surface area contributed by atoms with Gasteiger partial charge >= 0.3 is 12.1 Å². The molecule has 0 saturated heterocycles. The Kier molecular flexibility index (Phi) is 11.5. The van der Waals surface area contributed by atoms with E-state index in [0.717, 1.165) is 16.7 Å². The molecule has 0 aliphatic heterocycles. The van der Waals surface area contributed by atoms with Crippen LogP contribution in [-0.2, 0) is 30.3 Å². The van der Waals surface area contributed by atoms with Gasteiger partial charge in [-0.05, 0) is 79.4 Å². The average Bonchev–Trinajstić information content (AvgIpc) is 3.72. The topological polar surface area (TPSA) is 114 Å². The highest BCUT2D eigenvalue weighted by Crippen LogP contribution is 2.36. The minimum Gasteiger partial charge on any atom is -0.458 e. The first-order valence-electron chi connectivity index (χ1n) is 15.1. The molecule has 3 atom stereocenters. The van der Waals surface area contributed by atoms with Crippen LogP contribution >= 0.6 is 12.6 Å². The predicted octanol–water partition coefficient (Wildman–Crippen LogP) is 5.23. The first-order chi connectivity index (χ1) is 20.5. The van der Waals surface area contributed by atoms with E-state index in [9.17, 15) is 19.2 Å². The Morgan fingerprint density at radius 2 is 1.43 bits per heavy atom. The van der Waals surface area contributed by atoms with Crippen LogP contribution in [0, 0.1) is 13.8 Å². The van der Waals surface area contributed by atoms with Gasteiger partial charge in [-0.3, -0.25) is 9.59 Å². The Hall–Kier alpha value is -3.53. The zero-order valence-electron chi connectivity index (χ0n) is 27.1. The Labute approximate surface area is 266 Å². The summed E-state index contributed by atoms with van der Waals surface area (Å²) < 4.78 is 11.1. The third kappa shape index (κ3) is 10.6. The van der Waals surface area contributed by atoms with Gasteiger partial charge in [0.05, 0.1) is 0 Å². The lowest BCUT2D eigenvalue weighted by Gasteiger charge is -2.35. The summed E-state index contributed by atoms with van der Waals surface area (Å²) in [4.78, 5) is 56.2. The fourth-order valence-electron chi connectivity index (χ4n) is 4.96. The SMILES string of the molecule is Cc1cc(C)cc(C(C(=O)NC(Cc2ccccc2)C(=O)OC(C)(C)C)N(C(=O)C(CS)NC(=O)OC(C)(C)C)C2CC2)c1. The average molecular weight is 626 g/mol. The van der Waals surface area contributed by atoms with Crippen molar-refractivity contribution in [3.05, 3.63) is 70.8 Å². The van der Waals surface area contributed by atoms with Gasteiger partial charge in [0.1, 0.15) is 29.3 Å². The van der Waals surface area contributed by atoms with E-state index in [-0.39, 0.29) is 18.2 Å². The number of thiol groups is 1. The predicted molar refractivity (Wildman–Crippen MR) is 173 cm³/mol. The van der Waals surface area contributed by atoms with Crippen LogP contribution in [0.3, 0.4) is 0 Å². The summed E-state index contributed by atoms with van der Waals surface area (Å²) in [6.45, 7) is 14.4. The Bertz CT molecular complexity index is 1310. The number of benzene rings is 2. The van der Waals surface area contributed by atoms with Crippen molar-refractivity contribution in [3.63, 3.8) is 0 Å². The van der Waals surface area contributed by atoms with Gasteiger partial charge in [0.25, 0.3) is 0 Å². The summed E-state index contributed by atoms with van der Waals surface area (Å²) in [5.74, 6) is -1.54. The van der Waals surface area contributed by atoms with Crippen molar-refractivity contribution in [2.75, 3.05) is 5.75 Å². The maximum absolute atomic E-state index is 14.4. The van der Waals surface area contributed by atoms with Crippen LogP contribution in [0.25, 0.3) is 0 Å². The summed E-state index contributed by atoms with van der Waals surface area (Å²) in [6, 6.07) is 11.8. The molecule has 240 valence electrons. The molecule has 3 rings (SSSR count). The molecular weight excluding hydrogens is 578 g/mol. The second-order valence-electron chi connectivity index (χ2n) is 13.5. The highest BCUT2D eigenvalue weighted by atomic mass is 32.1. The zero-order valence-corrected chi connectivity index (χ0v) is 28.0. The first-order valence-corrected chi connectivity index (χ1v) is 15.7. The highest BCUT2D eigenvalue weighted by molar-refractivity contribution is 7.80. The van der Waals surface area contributed by atoms with Crippen molar-refractivity contribution in [2.45, 2.75) is 110 Å². The number of carbonyl (C=O) groups excluding carboxylic acids is 4. The lowest BCUT2D eigenvalue weighted by atomic mass is 9.97. The van der Waals surface area contributed by atoms with Gasteiger partial charge in [-0.2, -0.15) is 12.6 Å². The van der Waals surface area contributed by atoms with Gasteiger partial charge in [0.2, 0.25) is 11.8 Å². The van der Waals surface area contributed by atoms with Crippen LogP contribution in [-0.4, -0.2) is 63.9 Å². The number of nitrogens with one attached hydrogen (secondary N) is 2. The van der Waals surface area contributed by atoms with E-state index in [4.69, 9.17) is 9.47 Å². The number of hydrogen-bond donors (Lipinski definition) is 3. The van der Waals surface area contributed by atoms with Gasteiger partial charge in [-0.15, -0.1) is 0 Å². The van der Waals surface area contributed by atoms with E-state index in [1.807, 2.05) is 62.4 Å². The van der Waals surface area contributed by atoms with E-state index in [1.165, 1.54) is 4.90 Å². The monoisotopic (exact) mass is 625 g/mol. The molecule has 0 aromatic heterocycles. The summed E-state index contributed by atoms with van der Waals surface area (Å²) >= 11 is 4.36. The molecule has 44 heavy (non-hydrogen) atoms. The van der Waals surface area contributed by atoms with Crippen molar-refractivity contribution in [1.29, 1.82) is 0 Å². The molecular formula is C34H47N3O6S. The van der Waals surface area contributed by atoms with E-state index >= 15 is 0 Å². The highest BCUT2D eigenvalue weighted by Gasteiger charge is 2.45. The van der Waals surface area contributed by atoms with Crippen molar-refractivity contribution < 1.29 is 28.7 Å². The van der Waals surface area contributed by atoms with Crippen molar-refractivity contribution in [1.82, 2.24) is 15.5 Å². The minimum absolute atomic E-state index is 0.00296. The maximum atomic E-state index is 14.4. The van der Waals surface area contributed by atoms with E-state index < -0.39 is 53.2 Å². The quantitative estimate of drug-likeness (QED) is 0.233. The van der Waals surface area contributed by atoms with Crippen LogP contribution < -0.4 is 10.6 Å². The number of aryl methyl sites for hydroxylation is 2. The second-order valence-corrected chi connectivity index (χ2v) is 13.8. The van der Waals surface area contributed by atoms with E-state index in [0.29, 0.717) is 18.4 Å². The van der Waals surface area contributed by atoms with E-state index in [2.05, 4.69) is 23.3 Å². The number of nitrogens with zero attached hydrogens (tertiary/aromatic N) is 1. The molecule has 1 aliphatic carbocycles. The molecule has 0 bridgehead atoms. The van der Waals surface area contributed by atoms with Gasteiger partial charge < -0.3 is 25.0 Å². The number of esters is 1. The number of hydrogen-bond acceptors (Lipinski definition) is 7. The van der Waals surface area contributed by atoms with Crippen LogP contribution in [0.4, 0.5) is 4.79 Å². The molecule has 1 saturated carbocycles. The normalized spacial score (nSPS) is 15.4. The molecule has 3 unspecified atom stereocenters. The largest absolute Gasteiger partial charge is 0.458 e. The summed E-state index contributed by atoms with van der Waals surface area (Å²) in [5, 5.41) is 5.57. The number of alkyl carbamates (subject to hydrolysis) is 1. The minimum atomic E-state index is -1.07. The molecule has 0 radical (unpaired) electrons. The fourth-order valence-corrected chi connectivity index (χ4v) is 5.21. The standard InChI is InChI=1S/C34H47N3O6S/c1-21-16-22(2)18-24(17-21)28(37(25-14-15-25)30(39)27(20-44)36-32(41)43-34(6,7)8)29(38)35-26(31(40)42-33(3,4)5)19-23-12-10-9-11-13-23/h9-13,16-18,25-28,44H,14-15,19-20H2,1-8H3,(H,35,38)(H,36,41). The number of carbonyl (C=O) groups is 4. The van der Waals surface area contributed by atoms with Crippen molar-refractivity contribution in [3.8, 4) is 0 Å². The third-order valence-electron chi connectivity index (χ3n) is 6.74. The Morgan fingerprint density at radius 1 is 0.864 bits per heavy atom. The number of rotatable bonds is 11. The molecule has 3 amide bonds. The second kappa shape index (κ2) is 14.5. The molecule has 2 N–H and O–H groups in total. The molecule has 0 spiro atoms. The maximum Gasteiger partial charge on any atom is 0.408 e. The summed E-state index contributed by atoms with van der Waals surface area (Å²) in [7, 11) is 0. The lowest BCUT2D eigenvalue weighted by Crippen LogP contribution is -2.56. The van der Waals surface area contributed by atoms with Gasteiger partial charge in [-0.25, -0.2) is 9.59 Å². The zero-order chi connectivity index (χ0) is 32.8. The third-order valence-corrected chi connectivity index (χ3v) is 7.11. The van der Waals surface area contributed by atoms with Crippen LogP contribution in [0.2, 0.25) is 0 Å². The summed E-state index contributed by atoms with van der Waals surface area (Å²) in [5.41, 5.74) is 1.77. The fraction of sp³-hybridized carbons (Fsp3) is 0.529. The molecule has 9 nitrogen and oxygen atoms in total.